The average molecular weight is 302 g/mol. The van der Waals surface area contributed by atoms with Crippen LogP contribution in [0.4, 0.5) is 5.69 Å². The minimum absolute atomic E-state index is 0.00339. The Morgan fingerprint density at radius 2 is 2.05 bits per heavy atom. The van der Waals surface area contributed by atoms with Crippen LogP contribution in [-0.4, -0.2) is 18.3 Å². The van der Waals surface area contributed by atoms with E-state index in [-0.39, 0.29) is 18.3 Å². The summed E-state index contributed by atoms with van der Waals surface area (Å²) in [6, 6.07) is 10.1. The maximum absolute atomic E-state index is 12.5. The van der Waals surface area contributed by atoms with Crippen LogP contribution in [0.5, 0.6) is 5.75 Å². The predicted molar refractivity (Wildman–Crippen MR) is 80.2 cm³/mol. The first-order valence-electron chi connectivity index (χ1n) is 6.42. The van der Waals surface area contributed by atoms with Crippen molar-refractivity contribution in [1.29, 1.82) is 0 Å². The molecule has 0 spiro atoms. The van der Waals surface area contributed by atoms with Crippen molar-refractivity contribution in [3.8, 4) is 5.75 Å². The maximum atomic E-state index is 12.5. The molecule has 3 rings (SSSR count). The van der Waals surface area contributed by atoms with Gasteiger partial charge in [0.1, 0.15) is 5.75 Å². The first kappa shape index (κ1) is 13.6. The third kappa shape index (κ3) is 2.62. The van der Waals surface area contributed by atoms with Gasteiger partial charge in [0.2, 0.25) is 0 Å². The van der Waals surface area contributed by atoms with Crippen molar-refractivity contribution in [3.05, 3.63) is 58.1 Å². The van der Waals surface area contributed by atoms with E-state index < -0.39 is 0 Å². The zero-order chi connectivity index (χ0) is 15.0. The standard InChI is InChI=1S/C16H12ClNO3/c1-9-6-11(17)3-4-12(9)16(20)10-2-5-14-13(7-10)18-15(19)8-21-14/h2-7H,8H2,1H3,(H,18,19). The lowest BCUT2D eigenvalue weighted by atomic mass is 9.98. The molecule has 0 aromatic heterocycles. The largest absolute Gasteiger partial charge is 0.482 e. The number of halogens is 1. The van der Waals surface area contributed by atoms with Gasteiger partial charge in [-0.3, -0.25) is 9.59 Å². The summed E-state index contributed by atoms with van der Waals surface area (Å²) in [7, 11) is 0. The number of hydrogen-bond donors (Lipinski definition) is 1. The van der Waals surface area contributed by atoms with Crippen LogP contribution in [0.3, 0.4) is 0 Å². The van der Waals surface area contributed by atoms with Crippen LogP contribution in [0.2, 0.25) is 5.02 Å². The third-order valence-corrected chi connectivity index (χ3v) is 3.54. The summed E-state index contributed by atoms with van der Waals surface area (Å²) in [6.07, 6.45) is 0. The van der Waals surface area contributed by atoms with Gasteiger partial charge in [0.25, 0.3) is 5.91 Å². The number of carbonyl (C=O) groups excluding carboxylic acids is 2. The van der Waals surface area contributed by atoms with E-state index in [2.05, 4.69) is 5.32 Å². The van der Waals surface area contributed by atoms with Crippen LogP contribution in [0.15, 0.2) is 36.4 Å². The molecule has 1 amide bonds. The molecule has 0 saturated heterocycles. The molecule has 21 heavy (non-hydrogen) atoms. The Balaban J connectivity index is 1.98. The molecular formula is C16H12ClNO3. The first-order valence-corrected chi connectivity index (χ1v) is 6.80. The van der Waals surface area contributed by atoms with Gasteiger partial charge in [0, 0.05) is 16.1 Å². The molecule has 1 heterocycles. The number of carbonyl (C=O) groups is 2. The molecule has 2 aromatic rings. The maximum Gasteiger partial charge on any atom is 0.262 e. The predicted octanol–water partition coefficient (Wildman–Crippen LogP) is 3.21. The number of aryl methyl sites for hydroxylation is 1. The Kier molecular flexibility index (Phi) is 3.39. The second-order valence-electron chi connectivity index (χ2n) is 4.84. The molecule has 0 unspecified atom stereocenters. The minimum atomic E-state index is -0.227. The van der Waals surface area contributed by atoms with Gasteiger partial charge in [0.05, 0.1) is 5.69 Å². The summed E-state index contributed by atoms with van der Waals surface area (Å²) in [4.78, 5) is 23.9. The van der Waals surface area contributed by atoms with E-state index in [1.54, 1.807) is 36.4 Å². The fourth-order valence-corrected chi connectivity index (χ4v) is 2.49. The van der Waals surface area contributed by atoms with E-state index in [0.29, 0.717) is 27.6 Å². The molecule has 1 N–H and O–H groups in total. The molecule has 2 aromatic carbocycles. The van der Waals surface area contributed by atoms with Crippen molar-refractivity contribution < 1.29 is 14.3 Å². The highest BCUT2D eigenvalue weighted by Crippen LogP contribution is 2.29. The fourth-order valence-electron chi connectivity index (χ4n) is 2.26. The second-order valence-corrected chi connectivity index (χ2v) is 5.27. The molecule has 0 atom stereocenters. The molecule has 0 aliphatic carbocycles. The number of ketones is 1. The van der Waals surface area contributed by atoms with Crippen LogP contribution < -0.4 is 10.1 Å². The fraction of sp³-hybridized carbons (Fsp3) is 0.125. The summed E-state index contributed by atoms with van der Waals surface area (Å²) in [5.41, 5.74) is 2.40. The normalized spacial score (nSPS) is 13.1. The number of fused-ring (bicyclic) bond motifs is 1. The van der Waals surface area contributed by atoms with Crippen molar-refractivity contribution in [2.24, 2.45) is 0 Å². The summed E-state index contributed by atoms with van der Waals surface area (Å²) in [5, 5.41) is 3.29. The highest BCUT2D eigenvalue weighted by molar-refractivity contribution is 6.30. The summed E-state index contributed by atoms with van der Waals surface area (Å²) in [6.45, 7) is 1.83. The van der Waals surface area contributed by atoms with Gasteiger partial charge in [-0.2, -0.15) is 0 Å². The Bertz CT molecular complexity index is 755. The van der Waals surface area contributed by atoms with Crippen molar-refractivity contribution in [1.82, 2.24) is 0 Å². The van der Waals surface area contributed by atoms with E-state index in [0.717, 1.165) is 5.56 Å². The molecule has 106 valence electrons. The molecule has 0 radical (unpaired) electrons. The molecule has 4 nitrogen and oxygen atoms in total. The molecule has 0 fully saturated rings. The third-order valence-electron chi connectivity index (χ3n) is 3.31. The highest BCUT2D eigenvalue weighted by Gasteiger charge is 2.19. The van der Waals surface area contributed by atoms with Gasteiger partial charge in [-0.05, 0) is 48.9 Å². The second kappa shape index (κ2) is 5.22. The quantitative estimate of drug-likeness (QED) is 0.867. The monoisotopic (exact) mass is 301 g/mol. The highest BCUT2D eigenvalue weighted by atomic mass is 35.5. The van der Waals surface area contributed by atoms with Crippen molar-refractivity contribution >= 4 is 29.0 Å². The van der Waals surface area contributed by atoms with Gasteiger partial charge in [-0.1, -0.05) is 11.6 Å². The van der Waals surface area contributed by atoms with Gasteiger partial charge in [0.15, 0.2) is 12.4 Å². The van der Waals surface area contributed by atoms with Crippen LogP contribution in [0, 0.1) is 6.92 Å². The van der Waals surface area contributed by atoms with Gasteiger partial charge >= 0.3 is 0 Å². The van der Waals surface area contributed by atoms with Crippen LogP contribution >= 0.6 is 11.6 Å². The lowest BCUT2D eigenvalue weighted by molar-refractivity contribution is -0.118. The first-order chi connectivity index (χ1) is 10.0. The molecule has 5 heteroatoms. The zero-order valence-electron chi connectivity index (χ0n) is 11.3. The Labute approximate surface area is 126 Å². The van der Waals surface area contributed by atoms with E-state index in [4.69, 9.17) is 16.3 Å². The number of amides is 1. The Morgan fingerprint density at radius 3 is 2.81 bits per heavy atom. The number of hydrogen-bond acceptors (Lipinski definition) is 3. The molecule has 1 aliphatic rings. The summed E-state index contributed by atoms with van der Waals surface area (Å²) >= 11 is 5.90. The number of rotatable bonds is 2. The lowest BCUT2D eigenvalue weighted by Gasteiger charge is -2.18. The summed E-state index contributed by atoms with van der Waals surface area (Å²) < 4.78 is 5.27. The van der Waals surface area contributed by atoms with Crippen LogP contribution in [-0.2, 0) is 4.79 Å². The SMILES string of the molecule is Cc1cc(Cl)ccc1C(=O)c1ccc2c(c1)NC(=O)CO2. The molecule has 1 aliphatic heterocycles. The number of anilines is 1. The van der Waals surface area contributed by atoms with E-state index in [1.165, 1.54) is 0 Å². The molecule has 0 saturated carbocycles. The molecule has 0 bridgehead atoms. The van der Waals surface area contributed by atoms with Crippen molar-refractivity contribution in [3.63, 3.8) is 0 Å². The van der Waals surface area contributed by atoms with Gasteiger partial charge in [-0.25, -0.2) is 0 Å². The summed E-state index contributed by atoms with van der Waals surface area (Å²) in [5.74, 6) is 0.223. The lowest BCUT2D eigenvalue weighted by Crippen LogP contribution is -2.25. The van der Waals surface area contributed by atoms with Crippen LogP contribution in [0.1, 0.15) is 21.5 Å². The van der Waals surface area contributed by atoms with E-state index in [1.807, 2.05) is 6.92 Å². The zero-order valence-corrected chi connectivity index (χ0v) is 12.0. The van der Waals surface area contributed by atoms with Crippen LogP contribution in [0.25, 0.3) is 0 Å². The smallest absolute Gasteiger partial charge is 0.262 e. The Morgan fingerprint density at radius 1 is 1.24 bits per heavy atom. The van der Waals surface area contributed by atoms with Crippen molar-refractivity contribution in [2.45, 2.75) is 6.92 Å². The average Bonchev–Trinajstić information content (AvgIpc) is 2.46. The van der Waals surface area contributed by atoms with E-state index >= 15 is 0 Å². The number of nitrogens with one attached hydrogen (secondary N) is 1. The van der Waals surface area contributed by atoms with E-state index in [9.17, 15) is 9.59 Å². The topological polar surface area (TPSA) is 55.4 Å². The Hall–Kier alpha value is -2.33. The number of benzene rings is 2. The molecular weight excluding hydrogens is 290 g/mol. The van der Waals surface area contributed by atoms with Crippen molar-refractivity contribution in [2.75, 3.05) is 11.9 Å². The number of ether oxygens (including phenoxy) is 1. The van der Waals surface area contributed by atoms with Gasteiger partial charge in [-0.15, -0.1) is 0 Å². The minimum Gasteiger partial charge on any atom is -0.482 e. The van der Waals surface area contributed by atoms with Gasteiger partial charge < -0.3 is 10.1 Å².